The van der Waals surface area contributed by atoms with Crippen LogP contribution >= 0.6 is 12.2 Å². The molecule has 3 nitrogen and oxygen atoms in total. The second kappa shape index (κ2) is 5.41. The monoisotopic (exact) mass is 243 g/mol. The molecule has 0 atom stereocenters. The van der Waals surface area contributed by atoms with Crippen LogP contribution in [-0.4, -0.2) is 10.1 Å². The second-order valence-corrected chi connectivity index (χ2v) is 4.11. The molecule has 0 amide bonds. The van der Waals surface area contributed by atoms with E-state index in [9.17, 15) is 0 Å². The number of hydrogen-bond acceptors (Lipinski definition) is 2. The van der Waals surface area contributed by atoms with Gasteiger partial charge in [0.25, 0.3) is 0 Å². The summed E-state index contributed by atoms with van der Waals surface area (Å²) in [7, 11) is 0. The second-order valence-electron chi connectivity index (χ2n) is 3.67. The van der Waals surface area contributed by atoms with E-state index < -0.39 is 0 Å². The Morgan fingerprint density at radius 2 is 1.88 bits per heavy atom. The van der Waals surface area contributed by atoms with E-state index in [4.69, 9.17) is 18.0 Å². The largest absolute Gasteiger partial charge is 0.376 e. The molecule has 0 fully saturated rings. The lowest BCUT2D eigenvalue weighted by Crippen LogP contribution is -2.19. The maximum Gasteiger partial charge on any atom is 0.169 e. The van der Waals surface area contributed by atoms with Crippen LogP contribution in [0.4, 0.5) is 5.82 Å². The molecule has 86 valence electrons. The van der Waals surface area contributed by atoms with Crippen molar-refractivity contribution in [2.75, 3.05) is 5.32 Å². The van der Waals surface area contributed by atoms with Crippen molar-refractivity contribution in [3.8, 4) is 0 Å². The quantitative estimate of drug-likeness (QED) is 0.812. The fraction of sp³-hybridized carbons (Fsp3) is 0.0769. The molecular formula is C13H13N3S. The number of rotatable bonds is 3. The molecule has 0 unspecified atom stereocenters. The summed E-state index contributed by atoms with van der Waals surface area (Å²) in [6.45, 7) is 0. The first-order chi connectivity index (χ1) is 8.24. The summed E-state index contributed by atoms with van der Waals surface area (Å²) in [6, 6.07) is 16.0. The van der Waals surface area contributed by atoms with Gasteiger partial charge in [-0.05, 0) is 29.9 Å². The zero-order valence-corrected chi connectivity index (χ0v) is 10.1. The fourth-order valence-corrected chi connectivity index (χ4v) is 1.68. The van der Waals surface area contributed by atoms with E-state index in [0.717, 1.165) is 12.1 Å². The third kappa shape index (κ3) is 3.53. The molecule has 0 bridgehead atoms. The number of aromatic nitrogens is 1. The van der Waals surface area contributed by atoms with E-state index in [1.54, 1.807) is 0 Å². The number of anilines is 1. The number of benzene rings is 1. The van der Waals surface area contributed by atoms with Gasteiger partial charge in [-0.3, -0.25) is 0 Å². The van der Waals surface area contributed by atoms with Crippen LogP contribution in [-0.2, 0) is 6.42 Å². The van der Waals surface area contributed by atoms with Gasteiger partial charge < -0.3 is 11.1 Å². The maximum absolute atomic E-state index is 5.41. The minimum atomic E-state index is 0.231. The van der Waals surface area contributed by atoms with Crippen LogP contribution in [0.5, 0.6) is 0 Å². The summed E-state index contributed by atoms with van der Waals surface area (Å²) in [5.74, 6) is 0.686. The minimum absolute atomic E-state index is 0.231. The number of thiocarbonyl (C=S) groups is 1. The minimum Gasteiger partial charge on any atom is -0.376 e. The lowest BCUT2D eigenvalue weighted by molar-refractivity contribution is 1.08. The van der Waals surface area contributed by atoms with Crippen molar-refractivity contribution < 1.29 is 0 Å². The van der Waals surface area contributed by atoms with Crippen LogP contribution in [0.15, 0.2) is 48.5 Å². The van der Waals surface area contributed by atoms with E-state index in [-0.39, 0.29) is 5.11 Å². The van der Waals surface area contributed by atoms with Crippen molar-refractivity contribution in [1.82, 2.24) is 4.98 Å². The highest BCUT2D eigenvalue weighted by molar-refractivity contribution is 7.80. The first-order valence-corrected chi connectivity index (χ1v) is 5.71. The molecule has 0 spiro atoms. The van der Waals surface area contributed by atoms with Gasteiger partial charge in [-0.15, -0.1) is 0 Å². The zero-order valence-electron chi connectivity index (χ0n) is 9.26. The highest BCUT2D eigenvalue weighted by Crippen LogP contribution is 2.10. The number of nitrogens with two attached hydrogens (primary N) is 1. The molecule has 1 aromatic heterocycles. The molecular weight excluding hydrogens is 230 g/mol. The average Bonchev–Trinajstić information content (AvgIpc) is 2.30. The van der Waals surface area contributed by atoms with Gasteiger partial charge in [0.1, 0.15) is 5.82 Å². The molecule has 0 aliphatic heterocycles. The van der Waals surface area contributed by atoms with Gasteiger partial charge in [0.2, 0.25) is 0 Å². The number of nitrogens with one attached hydrogen (secondary N) is 1. The van der Waals surface area contributed by atoms with Crippen molar-refractivity contribution in [1.29, 1.82) is 0 Å². The van der Waals surface area contributed by atoms with Crippen molar-refractivity contribution in [3.63, 3.8) is 0 Å². The highest BCUT2D eigenvalue weighted by atomic mass is 32.1. The van der Waals surface area contributed by atoms with Crippen molar-refractivity contribution in [2.24, 2.45) is 5.73 Å². The van der Waals surface area contributed by atoms with Crippen LogP contribution in [0, 0.1) is 0 Å². The van der Waals surface area contributed by atoms with Crippen molar-refractivity contribution in [3.05, 3.63) is 59.8 Å². The third-order valence-corrected chi connectivity index (χ3v) is 2.39. The summed E-state index contributed by atoms with van der Waals surface area (Å²) in [4.78, 5) is 4.43. The molecule has 0 aliphatic rings. The Kier molecular flexibility index (Phi) is 3.67. The summed E-state index contributed by atoms with van der Waals surface area (Å²) < 4.78 is 0. The van der Waals surface area contributed by atoms with Crippen LogP contribution in [0.3, 0.4) is 0 Å². The Morgan fingerprint density at radius 3 is 2.59 bits per heavy atom. The molecule has 4 heteroatoms. The summed E-state index contributed by atoms with van der Waals surface area (Å²) in [5.41, 5.74) is 7.62. The van der Waals surface area contributed by atoms with Crippen molar-refractivity contribution >= 4 is 23.1 Å². The Balaban J connectivity index is 2.14. The normalized spacial score (nSPS) is 9.88. The molecule has 0 aliphatic carbocycles. The molecule has 1 heterocycles. The van der Waals surface area contributed by atoms with Gasteiger partial charge in [0.05, 0.1) is 0 Å². The van der Waals surface area contributed by atoms with Gasteiger partial charge in [0, 0.05) is 12.1 Å². The van der Waals surface area contributed by atoms with E-state index in [2.05, 4.69) is 22.4 Å². The molecule has 17 heavy (non-hydrogen) atoms. The lowest BCUT2D eigenvalue weighted by Gasteiger charge is -2.05. The van der Waals surface area contributed by atoms with Gasteiger partial charge in [0.15, 0.2) is 5.11 Å². The Hall–Kier alpha value is -1.94. The first-order valence-electron chi connectivity index (χ1n) is 5.30. The zero-order chi connectivity index (χ0) is 12.1. The maximum atomic E-state index is 5.41. The van der Waals surface area contributed by atoms with Crippen molar-refractivity contribution in [2.45, 2.75) is 6.42 Å². The van der Waals surface area contributed by atoms with Gasteiger partial charge in [-0.2, -0.15) is 0 Å². The first kappa shape index (κ1) is 11.5. The molecule has 0 saturated carbocycles. The van der Waals surface area contributed by atoms with Crippen LogP contribution < -0.4 is 11.1 Å². The molecule has 2 aromatic rings. The third-order valence-electron chi connectivity index (χ3n) is 2.29. The van der Waals surface area contributed by atoms with Crippen LogP contribution in [0.2, 0.25) is 0 Å². The molecule has 2 rings (SSSR count). The predicted molar refractivity (Wildman–Crippen MR) is 73.9 cm³/mol. The molecule has 0 radical (unpaired) electrons. The average molecular weight is 243 g/mol. The Labute approximate surface area is 106 Å². The van der Waals surface area contributed by atoms with Crippen LogP contribution in [0.1, 0.15) is 11.3 Å². The summed E-state index contributed by atoms with van der Waals surface area (Å²) in [5, 5.41) is 3.06. The number of hydrogen-bond donors (Lipinski definition) is 2. The lowest BCUT2D eigenvalue weighted by atomic mass is 10.1. The Bertz CT molecular complexity index is 511. The van der Waals surface area contributed by atoms with E-state index in [1.165, 1.54) is 5.56 Å². The smallest absolute Gasteiger partial charge is 0.169 e. The molecule has 3 N–H and O–H groups in total. The van der Waals surface area contributed by atoms with E-state index in [1.807, 2.05) is 36.4 Å². The molecule has 0 saturated heterocycles. The van der Waals surface area contributed by atoms with Gasteiger partial charge >= 0.3 is 0 Å². The summed E-state index contributed by atoms with van der Waals surface area (Å²) >= 11 is 4.78. The molecule has 1 aromatic carbocycles. The van der Waals surface area contributed by atoms with E-state index >= 15 is 0 Å². The van der Waals surface area contributed by atoms with E-state index in [0.29, 0.717) is 5.82 Å². The SMILES string of the molecule is NC(=S)Nc1cccc(Cc2ccccc2)n1. The topological polar surface area (TPSA) is 50.9 Å². The number of pyridine rings is 1. The predicted octanol–water partition coefficient (Wildman–Crippen LogP) is 2.33. The summed E-state index contributed by atoms with van der Waals surface area (Å²) in [6.07, 6.45) is 0.799. The highest BCUT2D eigenvalue weighted by Gasteiger charge is 1.99. The number of nitrogens with zero attached hydrogens (tertiary/aromatic N) is 1. The van der Waals surface area contributed by atoms with Gasteiger partial charge in [-0.25, -0.2) is 4.98 Å². The Morgan fingerprint density at radius 1 is 1.12 bits per heavy atom. The van der Waals surface area contributed by atoms with Gasteiger partial charge in [-0.1, -0.05) is 36.4 Å². The van der Waals surface area contributed by atoms with Crippen LogP contribution in [0.25, 0.3) is 0 Å². The fourth-order valence-electron chi connectivity index (χ4n) is 1.58. The standard InChI is InChI=1S/C13H13N3S/c14-13(17)16-12-8-4-7-11(15-12)9-10-5-2-1-3-6-10/h1-8H,9H2,(H3,14,15,16,17).